The lowest BCUT2D eigenvalue weighted by molar-refractivity contribution is 0.0724. The Labute approximate surface area is 203 Å². The van der Waals surface area contributed by atoms with E-state index in [1.165, 1.54) is 17.5 Å². The van der Waals surface area contributed by atoms with Crippen LogP contribution in [0.1, 0.15) is 59.2 Å². The molecule has 5 nitrogen and oxygen atoms in total. The maximum absolute atomic E-state index is 12.6. The lowest BCUT2D eigenvalue weighted by atomic mass is 9.99. The molecule has 1 aliphatic heterocycles. The molecule has 168 valence electrons. The summed E-state index contributed by atoms with van der Waals surface area (Å²) in [7, 11) is 1.78. The third kappa shape index (κ3) is 7.52. The Balaban J connectivity index is 0.00000341. The van der Waals surface area contributed by atoms with E-state index in [-0.39, 0.29) is 29.9 Å². The molecule has 2 N–H and O–H groups in total. The molecule has 0 spiro atoms. The molecule has 1 aliphatic rings. The van der Waals surface area contributed by atoms with Gasteiger partial charge in [0.1, 0.15) is 0 Å². The van der Waals surface area contributed by atoms with Gasteiger partial charge in [-0.15, -0.1) is 24.0 Å². The Bertz CT molecular complexity index is 860. The summed E-state index contributed by atoms with van der Waals surface area (Å²) < 4.78 is 0. The molecule has 1 amide bonds. The van der Waals surface area contributed by atoms with E-state index in [1.807, 2.05) is 29.2 Å². The molecule has 1 atom stereocenters. The molecule has 31 heavy (non-hydrogen) atoms. The largest absolute Gasteiger partial charge is 0.356 e. The highest BCUT2D eigenvalue weighted by atomic mass is 127. The van der Waals surface area contributed by atoms with Gasteiger partial charge in [0, 0.05) is 38.8 Å². The molecule has 3 rings (SSSR count). The normalized spacial score (nSPS) is 15.1. The zero-order valence-electron chi connectivity index (χ0n) is 18.9. The number of rotatable bonds is 6. The summed E-state index contributed by atoms with van der Waals surface area (Å²) in [5.41, 5.74) is 4.51. The third-order valence-corrected chi connectivity index (χ3v) is 5.71. The second kappa shape index (κ2) is 12.7. The van der Waals surface area contributed by atoms with Crippen LogP contribution in [0.25, 0.3) is 0 Å². The van der Waals surface area contributed by atoms with Gasteiger partial charge in [0.25, 0.3) is 5.91 Å². The van der Waals surface area contributed by atoms with Crippen LogP contribution in [0.2, 0.25) is 0 Å². The number of nitrogens with one attached hydrogen (secondary N) is 2. The molecule has 1 unspecified atom stereocenters. The van der Waals surface area contributed by atoms with Crippen LogP contribution in [-0.2, 0) is 6.54 Å². The topological polar surface area (TPSA) is 56.7 Å². The minimum absolute atomic E-state index is 0. The van der Waals surface area contributed by atoms with Gasteiger partial charge in [-0.2, -0.15) is 0 Å². The zero-order chi connectivity index (χ0) is 21.3. The quantitative estimate of drug-likeness (QED) is 0.321. The second-order valence-electron chi connectivity index (χ2n) is 8.17. The van der Waals surface area contributed by atoms with Crippen LogP contribution < -0.4 is 10.6 Å². The first-order chi connectivity index (χ1) is 14.6. The van der Waals surface area contributed by atoms with Crippen molar-refractivity contribution >= 4 is 35.8 Å². The Morgan fingerprint density at radius 2 is 1.77 bits per heavy atom. The molecule has 0 aromatic heterocycles. The fourth-order valence-corrected chi connectivity index (χ4v) is 3.80. The van der Waals surface area contributed by atoms with Gasteiger partial charge in [-0.1, -0.05) is 48.9 Å². The summed E-state index contributed by atoms with van der Waals surface area (Å²) in [6.07, 6.45) is 3.46. The highest BCUT2D eigenvalue weighted by Gasteiger charge is 2.17. The maximum Gasteiger partial charge on any atom is 0.253 e. The van der Waals surface area contributed by atoms with E-state index in [0.717, 1.165) is 49.6 Å². The number of guanidine groups is 1. The number of aryl methyl sites for hydroxylation is 1. The second-order valence-corrected chi connectivity index (χ2v) is 8.17. The predicted molar refractivity (Wildman–Crippen MR) is 139 cm³/mol. The molecule has 0 radical (unpaired) electrons. The maximum atomic E-state index is 12.6. The van der Waals surface area contributed by atoms with Crippen molar-refractivity contribution in [3.8, 4) is 0 Å². The van der Waals surface area contributed by atoms with Crippen molar-refractivity contribution < 1.29 is 4.79 Å². The highest BCUT2D eigenvalue weighted by molar-refractivity contribution is 14.0. The van der Waals surface area contributed by atoms with Crippen LogP contribution in [0.5, 0.6) is 0 Å². The third-order valence-electron chi connectivity index (χ3n) is 5.71. The van der Waals surface area contributed by atoms with Gasteiger partial charge in [-0.05, 0) is 55.4 Å². The average Bonchev–Trinajstić information content (AvgIpc) is 2.79. The standard InChI is InChI=1S/C25H34N4O.HI/c1-19-8-7-9-23(16-19)20(2)17-27-25(26-3)28-18-21-10-12-22(13-11-21)24(30)29-14-5-4-6-15-29;/h7-13,16,20H,4-6,14-15,17-18H2,1-3H3,(H2,26,27,28);1H. The number of piperidine rings is 1. The van der Waals surface area contributed by atoms with Gasteiger partial charge in [-0.25, -0.2) is 0 Å². The summed E-state index contributed by atoms with van der Waals surface area (Å²) >= 11 is 0. The number of hydrogen-bond donors (Lipinski definition) is 2. The molecule has 1 fully saturated rings. The monoisotopic (exact) mass is 534 g/mol. The Morgan fingerprint density at radius 3 is 2.42 bits per heavy atom. The Kier molecular flexibility index (Phi) is 10.3. The number of hydrogen-bond acceptors (Lipinski definition) is 2. The summed E-state index contributed by atoms with van der Waals surface area (Å²) in [4.78, 5) is 18.9. The fraction of sp³-hybridized carbons (Fsp3) is 0.440. The average molecular weight is 534 g/mol. The van der Waals surface area contributed by atoms with E-state index in [0.29, 0.717) is 12.5 Å². The van der Waals surface area contributed by atoms with Gasteiger partial charge in [-0.3, -0.25) is 9.79 Å². The number of benzene rings is 2. The lowest BCUT2D eigenvalue weighted by Crippen LogP contribution is -2.38. The number of amides is 1. The van der Waals surface area contributed by atoms with Crippen molar-refractivity contribution in [1.82, 2.24) is 15.5 Å². The summed E-state index contributed by atoms with van der Waals surface area (Å²) in [5, 5.41) is 6.77. The molecule has 2 aromatic carbocycles. The van der Waals surface area contributed by atoms with E-state index < -0.39 is 0 Å². The van der Waals surface area contributed by atoms with Crippen molar-refractivity contribution in [2.75, 3.05) is 26.7 Å². The van der Waals surface area contributed by atoms with Crippen molar-refractivity contribution in [3.05, 3.63) is 70.8 Å². The lowest BCUT2D eigenvalue weighted by Gasteiger charge is -2.26. The van der Waals surface area contributed by atoms with Crippen LogP contribution in [0.3, 0.4) is 0 Å². The van der Waals surface area contributed by atoms with Crippen LogP contribution >= 0.6 is 24.0 Å². The van der Waals surface area contributed by atoms with Crippen LogP contribution in [0.15, 0.2) is 53.5 Å². The molecule has 1 saturated heterocycles. The van der Waals surface area contributed by atoms with Crippen molar-refractivity contribution in [1.29, 1.82) is 0 Å². The molecular formula is C25H35IN4O. The predicted octanol–water partition coefficient (Wildman–Crippen LogP) is 4.71. The number of likely N-dealkylation sites (tertiary alicyclic amines) is 1. The number of carbonyl (C=O) groups is 1. The van der Waals surface area contributed by atoms with Crippen molar-refractivity contribution in [2.45, 2.75) is 45.6 Å². The molecule has 0 saturated carbocycles. The van der Waals surface area contributed by atoms with E-state index >= 15 is 0 Å². The first kappa shape index (κ1) is 25.2. The first-order valence-electron chi connectivity index (χ1n) is 11.0. The molecule has 6 heteroatoms. The smallest absolute Gasteiger partial charge is 0.253 e. The summed E-state index contributed by atoms with van der Waals surface area (Å²) in [6, 6.07) is 16.5. The number of carbonyl (C=O) groups excluding carboxylic acids is 1. The summed E-state index contributed by atoms with van der Waals surface area (Å²) in [6.45, 7) is 7.57. The Morgan fingerprint density at radius 1 is 1.06 bits per heavy atom. The molecular weight excluding hydrogens is 499 g/mol. The molecule has 1 heterocycles. The highest BCUT2D eigenvalue weighted by Crippen LogP contribution is 2.16. The van der Waals surface area contributed by atoms with E-state index in [9.17, 15) is 4.79 Å². The summed E-state index contributed by atoms with van der Waals surface area (Å²) in [5.74, 6) is 1.32. The number of aliphatic imine (C=N–C) groups is 1. The SMILES string of the molecule is CN=C(NCc1ccc(C(=O)N2CCCCC2)cc1)NCC(C)c1cccc(C)c1.I. The van der Waals surface area contributed by atoms with Crippen molar-refractivity contribution in [2.24, 2.45) is 4.99 Å². The van der Waals surface area contributed by atoms with E-state index in [1.54, 1.807) is 7.05 Å². The molecule has 0 aliphatic carbocycles. The number of halogens is 1. The van der Waals surface area contributed by atoms with Gasteiger partial charge >= 0.3 is 0 Å². The fourth-order valence-electron chi connectivity index (χ4n) is 3.80. The van der Waals surface area contributed by atoms with E-state index in [2.05, 4.69) is 53.7 Å². The van der Waals surface area contributed by atoms with Crippen LogP contribution in [0.4, 0.5) is 0 Å². The molecule has 2 aromatic rings. The van der Waals surface area contributed by atoms with E-state index in [4.69, 9.17) is 0 Å². The van der Waals surface area contributed by atoms with Crippen LogP contribution in [-0.4, -0.2) is 43.4 Å². The van der Waals surface area contributed by atoms with Crippen LogP contribution in [0, 0.1) is 6.92 Å². The van der Waals surface area contributed by atoms with Gasteiger partial charge in [0.05, 0.1) is 0 Å². The van der Waals surface area contributed by atoms with Gasteiger partial charge < -0.3 is 15.5 Å². The van der Waals surface area contributed by atoms with Crippen molar-refractivity contribution in [3.63, 3.8) is 0 Å². The van der Waals surface area contributed by atoms with Gasteiger partial charge in [0.2, 0.25) is 0 Å². The van der Waals surface area contributed by atoms with Gasteiger partial charge in [0.15, 0.2) is 5.96 Å². The molecule has 0 bridgehead atoms. The zero-order valence-corrected chi connectivity index (χ0v) is 21.2. The first-order valence-corrected chi connectivity index (χ1v) is 11.0. The number of nitrogens with zero attached hydrogens (tertiary/aromatic N) is 2. The minimum Gasteiger partial charge on any atom is -0.356 e. The minimum atomic E-state index is 0. The Hall–Kier alpha value is -2.09.